The van der Waals surface area contributed by atoms with E-state index in [0.29, 0.717) is 19.6 Å². The lowest BCUT2D eigenvalue weighted by molar-refractivity contribution is -0.139. The Hall–Kier alpha value is -2.34. The van der Waals surface area contributed by atoms with Crippen molar-refractivity contribution in [1.82, 2.24) is 15.1 Å². The molecule has 0 spiro atoms. The Morgan fingerprint density at radius 3 is 2.58 bits per heavy atom. The van der Waals surface area contributed by atoms with E-state index in [1.54, 1.807) is 11.0 Å². The van der Waals surface area contributed by atoms with Gasteiger partial charge in [0.15, 0.2) is 0 Å². The van der Waals surface area contributed by atoms with E-state index in [9.17, 15) is 9.59 Å². The molecule has 1 aromatic carbocycles. The molecule has 1 fully saturated rings. The van der Waals surface area contributed by atoms with Gasteiger partial charge in [-0.2, -0.15) is 0 Å². The first-order chi connectivity index (χ1) is 12.5. The number of aliphatic carboxylic acids is 1. The molecule has 0 saturated heterocycles. The second kappa shape index (κ2) is 9.97. The molecule has 6 heteroatoms. The summed E-state index contributed by atoms with van der Waals surface area (Å²) in [6, 6.07) is 10.4. The van der Waals surface area contributed by atoms with Gasteiger partial charge >= 0.3 is 12.0 Å². The minimum Gasteiger partial charge on any atom is -0.480 e. The second-order valence-corrected chi connectivity index (χ2v) is 6.70. The molecular weight excluding hydrogens is 330 g/mol. The zero-order chi connectivity index (χ0) is 18.9. The van der Waals surface area contributed by atoms with Crippen LogP contribution in [-0.2, 0) is 11.2 Å². The number of carboxylic acids is 1. The van der Waals surface area contributed by atoms with Gasteiger partial charge in [0, 0.05) is 25.2 Å². The first-order valence-electron chi connectivity index (χ1n) is 9.19. The van der Waals surface area contributed by atoms with E-state index in [2.05, 4.69) is 24.0 Å². The number of hydrogen-bond donors (Lipinski definition) is 2. The molecule has 26 heavy (non-hydrogen) atoms. The predicted octanol–water partition coefficient (Wildman–Crippen LogP) is 2.36. The fraction of sp³-hybridized carbons (Fsp3) is 0.500. The van der Waals surface area contributed by atoms with Crippen LogP contribution in [0.2, 0.25) is 0 Å². The van der Waals surface area contributed by atoms with E-state index in [0.717, 1.165) is 19.3 Å². The molecule has 0 heterocycles. The lowest BCUT2D eigenvalue weighted by Crippen LogP contribution is -2.57. The third kappa shape index (κ3) is 5.88. The molecule has 6 nitrogen and oxygen atoms in total. The average Bonchev–Trinajstić information content (AvgIpc) is 2.60. The zero-order valence-corrected chi connectivity index (χ0v) is 15.4. The SMILES string of the molecule is C=CCN(CCc1ccccc1)C(=O)NC1CC(N(CC)CC(=O)O)C1. The van der Waals surface area contributed by atoms with Crippen LogP contribution in [0, 0.1) is 0 Å². The fourth-order valence-electron chi connectivity index (χ4n) is 3.28. The van der Waals surface area contributed by atoms with Gasteiger partial charge in [-0.25, -0.2) is 4.79 Å². The van der Waals surface area contributed by atoms with Crippen molar-refractivity contribution in [2.75, 3.05) is 26.2 Å². The molecule has 2 rings (SSSR count). The van der Waals surface area contributed by atoms with Gasteiger partial charge in [0.2, 0.25) is 0 Å². The maximum atomic E-state index is 12.5. The summed E-state index contributed by atoms with van der Waals surface area (Å²) in [5, 5.41) is 12.0. The van der Waals surface area contributed by atoms with Gasteiger partial charge in [-0.15, -0.1) is 6.58 Å². The minimum atomic E-state index is -0.808. The molecule has 0 atom stereocenters. The average molecular weight is 359 g/mol. The van der Waals surface area contributed by atoms with Crippen molar-refractivity contribution in [3.63, 3.8) is 0 Å². The van der Waals surface area contributed by atoms with Gasteiger partial charge in [-0.05, 0) is 31.4 Å². The summed E-state index contributed by atoms with van der Waals surface area (Å²) < 4.78 is 0. The summed E-state index contributed by atoms with van der Waals surface area (Å²) in [6.45, 7) is 7.61. The Morgan fingerprint density at radius 2 is 2.00 bits per heavy atom. The number of rotatable bonds is 10. The highest BCUT2D eigenvalue weighted by molar-refractivity contribution is 5.75. The van der Waals surface area contributed by atoms with Gasteiger partial charge in [-0.1, -0.05) is 43.3 Å². The number of nitrogens with one attached hydrogen (secondary N) is 1. The number of carbonyl (C=O) groups excluding carboxylic acids is 1. The Morgan fingerprint density at radius 1 is 1.31 bits per heavy atom. The van der Waals surface area contributed by atoms with Crippen LogP contribution >= 0.6 is 0 Å². The first-order valence-corrected chi connectivity index (χ1v) is 9.19. The highest BCUT2D eigenvalue weighted by Crippen LogP contribution is 2.25. The molecule has 2 N–H and O–H groups in total. The van der Waals surface area contributed by atoms with Crippen LogP contribution in [0.3, 0.4) is 0 Å². The second-order valence-electron chi connectivity index (χ2n) is 6.70. The number of likely N-dealkylation sites (N-methyl/N-ethyl adjacent to an activating group) is 1. The van der Waals surface area contributed by atoms with E-state index >= 15 is 0 Å². The van der Waals surface area contributed by atoms with E-state index in [1.807, 2.05) is 30.0 Å². The van der Waals surface area contributed by atoms with Gasteiger partial charge in [0.1, 0.15) is 0 Å². The molecule has 142 valence electrons. The number of carboxylic acid groups (broad SMARTS) is 1. The van der Waals surface area contributed by atoms with Crippen LogP contribution in [0.25, 0.3) is 0 Å². The number of urea groups is 1. The lowest BCUT2D eigenvalue weighted by Gasteiger charge is -2.42. The topological polar surface area (TPSA) is 72.9 Å². The van der Waals surface area contributed by atoms with Gasteiger partial charge in [0.05, 0.1) is 6.54 Å². The molecule has 1 aliphatic carbocycles. The summed E-state index contributed by atoms with van der Waals surface area (Å²) in [6.07, 6.45) is 4.14. The normalized spacial score (nSPS) is 18.8. The minimum absolute atomic E-state index is 0.0570. The van der Waals surface area contributed by atoms with Gasteiger partial charge in [0.25, 0.3) is 0 Å². The van der Waals surface area contributed by atoms with Crippen LogP contribution in [-0.4, -0.2) is 65.2 Å². The third-order valence-corrected chi connectivity index (χ3v) is 4.85. The summed E-state index contributed by atoms with van der Waals surface area (Å²) in [5.74, 6) is -0.808. The summed E-state index contributed by atoms with van der Waals surface area (Å²) in [7, 11) is 0. The summed E-state index contributed by atoms with van der Waals surface area (Å²) >= 11 is 0. The van der Waals surface area contributed by atoms with Crippen molar-refractivity contribution in [2.24, 2.45) is 0 Å². The predicted molar refractivity (Wildman–Crippen MR) is 102 cm³/mol. The lowest BCUT2D eigenvalue weighted by atomic mass is 9.85. The van der Waals surface area contributed by atoms with Crippen LogP contribution in [0.4, 0.5) is 4.79 Å². The Balaban J connectivity index is 1.79. The molecular formula is C20H29N3O3. The molecule has 0 radical (unpaired) electrons. The van der Waals surface area contributed by atoms with Gasteiger partial charge in [-0.3, -0.25) is 9.69 Å². The maximum absolute atomic E-state index is 12.5. The largest absolute Gasteiger partial charge is 0.480 e. The zero-order valence-electron chi connectivity index (χ0n) is 15.4. The smallest absolute Gasteiger partial charge is 0.317 e. The summed E-state index contributed by atoms with van der Waals surface area (Å²) in [4.78, 5) is 27.1. The number of benzene rings is 1. The van der Waals surface area contributed by atoms with Crippen LogP contribution < -0.4 is 5.32 Å². The molecule has 1 aliphatic rings. The first kappa shape index (κ1) is 20.0. The molecule has 0 bridgehead atoms. The standard InChI is InChI=1S/C20H29N3O3/c1-3-11-23(12-10-16-8-6-5-7-9-16)20(26)21-17-13-18(14-17)22(4-2)15-19(24)25/h3,5-9,17-18H,1,4,10-15H2,2H3,(H,21,26)(H,24,25). The molecule has 2 amide bonds. The Labute approximate surface area is 155 Å². The van der Waals surface area contributed by atoms with E-state index in [4.69, 9.17) is 5.11 Å². The van der Waals surface area contributed by atoms with Crippen molar-refractivity contribution < 1.29 is 14.7 Å². The van der Waals surface area contributed by atoms with Crippen LogP contribution in [0.1, 0.15) is 25.3 Å². The van der Waals surface area contributed by atoms with Crippen molar-refractivity contribution in [2.45, 2.75) is 38.3 Å². The maximum Gasteiger partial charge on any atom is 0.317 e. The molecule has 1 saturated carbocycles. The van der Waals surface area contributed by atoms with Crippen LogP contribution in [0.15, 0.2) is 43.0 Å². The van der Waals surface area contributed by atoms with E-state index in [-0.39, 0.29) is 24.7 Å². The number of nitrogens with zero attached hydrogens (tertiary/aromatic N) is 2. The highest BCUT2D eigenvalue weighted by Gasteiger charge is 2.35. The Bertz CT molecular complexity index is 600. The Kier molecular flexibility index (Phi) is 7.66. The number of amides is 2. The molecule has 1 aromatic rings. The fourth-order valence-corrected chi connectivity index (χ4v) is 3.28. The van der Waals surface area contributed by atoms with Gasteiger partial charge < -0.3 is 15.3 Å². The molecule has 0 aromatic heterocycles. The van der Waals surface area contributed by atoms with Crippen molar-refractivity contribution in [1.29, 1.82) is 0 Å². The molecule has 0 unspecified atom stereocenters. The third-order valence-electron chi connectivity index (χ3n) is 4.85. The van der Waals surface area contributed by atoms with Crippen molar-refractivity contribution >= 4 is 12.0 Å². The monoisotopic (exact) mass is 359 g/mol. The van der Waals surface area contributed by atoms with Crippen LogP contribution in [0.5, 0.6) is 0 Å². The quantitative estimate of drug-likeness (QED) is 0.629. The van der Waals surface area contributed by atoms with Crippen molar-refractivity contribution in [3.8, 4) is 0 Å². The van der Waals surface area contributed by atoms with E-state index < -0.39 is 5.97 Å². The van der Waals surface area contributed by atoms with E-state index in [1.165, 1.54) is 5.56 Å². The number of carbonyl (C=O) groups is 2. The van der Waals surface area contributed by atoms with Crippen molar-refractivity contribution in [3.05, 3.63) is 48.6 Å². The summed E-state index contributed by atoms with van der Waals surface area (Å²) in [5.41, 5.74) is 1.20. The number of hydrogen-bond acceptors (Lipinski definition) is 3. The molecule has 0 aliphatic heterocycles. The highest BCUT2D eigenvalue weighted by atomic mass is 16.4.